The number of carbonyl (C=O) groups is 1. The zero-order valence-corrected chi connectivity index (χ0v) is 11.0. The number of nitriles is 1. The summed E-state index contributed by atoms with van der Waals surface area (Å²) in [4.78, 5) is 11.9. The van der Waals surface area contributed by atoms with Crippen LogP contribution in [0.25, 0.3) is 0 Å². The van der Waals surface area contributed by atoms with Gasteiger partial charge in [0.15, 0.2) is 0 Å². The Morgan fingerprint density at radius 3 is 2.95 bits per heavy atom. The lowest BCUT2D eigenvalue weighted by Gasteiger charge is -2.24. The molecule has 3 nitrogen and oxygen atoms in total. The average Bonchev–Trinajstić information content (AvgIpc) is 2.46. The molecule has 2 rings (SSSR count). The first-order valence-corrected chi connectivity index (χ1v) is 6.53. The Hall–Kier alpha value is -2.08. The molecular weight excluding hydrogens is 238 g/mol. The molecule has 1 aromatic carbocycles. The normalized spacial score (nSPS) is 21.7. The van der Waals surface area contributed by atoms with E-state index in [1.165, 1.54) is 0 Å². The summed E-state index contributed by atoms with van der Waals surface area (Å²) in [7, 11) is 0. The highest BCUT2D eigenvalue weighted by Gasteiger charge is 2.20. The Labute approximate surface area is 113 Å². The van der Waals surface area contributed by atoms with Crippen molar-refractivity contribution in [2.45, 2.75) is 19.8 Å². The predicted molar refractivity (Wildman–Crippen MR) is 72.5 cm³/mol. The lowest BCUT2D eigenvalue weighted by atomic mass is 9.85. The van der Waals surface area contributed by atoms with E-state index in [2.05, 4.69) is 19.1 Å². The largest absolute Gasteiger partial charge is 0.462 e. The molecule has 1 aliphatic carbocycles. The van der Waals surface area contributed by atoms with Gasteiger partial charge in [-0.15, -0.1) is 0 Å². The Morgan fingerprint density at radius 2 is 2.21 bits per heavy atom. The van der Waals surface area contributed by atoms with Crippen LogP contribution in [0.4, 0.5) is 0 Å². The van der Waals surface area contributed by atoms with Gasteiger partial charge in [-0.3, -0.25) is 0 Å². The van der Waals surface area contributed by atoms with E-state index in [4.69, 9.17) is 10.00 Å². The van der Waals surface area contributed by atoms with Crippen LogP contribution < -0.4 is 0 Å². The molecule has 0 bridgehead atoms. The first-order chi connectivity index (χ1) is 9.20. The zero-order chi connectivity index (χ0) is 13.7. The van der Waals surface area contributed by atoms with Crippen LogP contribution in [0.2, 0.25) is 0 Å². The number of esters is 1. The summed E-state index contributed by atoms with van der Waals surface area (Å²) >= 11 is 0. The average molecular weight is 255 g/mol. The summed E-state index contributed by atoms with van der Waals surface area (Å²) in [6.07, 6.45) is 6.34. The molecule has 0 fully saturated rings. The molecular formula is C16H17NO2. The fourth-order valence-corrected chi connectivity index (χ4v) is 2.22. The minimum Gasteiger partial charge on any atom is -0.462 e. The van der Waals surface area contributed by atoms with Crippen molar-refractivity contribution in [3.05, 3.63) is 47.5 Å². The number of carbonyl (C=O) groups excluding carboxylic acids is 1. The summed E-state index contributed by atoms with van der Waals surface area (Å²) in [5.74, 6) is 0.593. The van der Waals surface area contributed by atoms with Crippen molar-refractivity contribution in [1.29, 1.82) is 5.26 Å². The van der Waals surface area contributed by atoms with Crippen molar-refractivity contribution in [3.63, 3.8) is 0 Å². The zero-order valence-electron chi connectivity index (χ0n) is 11.0. The van der Waals surface area contributed by atoms with E-state index in [1.54, 1.807) is 24.3 Å². The molecule has 2 atom stereocenters. The Morgan fingerprint density at radius 1 is 1.42 bits per heavy atom. The van der Waals surface area contributed by atoms with E-state index < -0.39 is 0 Å². The van der Waals surface area contributed by atoms with Gasteiger partial charge in [0, 0.05) is 0 Å². The van der Waals surface area contributed by atoms with Crippen LogP contribution in [0.5, 0.6) is 0 Å². The Kier molecular flexibility index (Phi) is 4.35. The van der Waals surface area contributed by atoms with Crippen LogP contribution in [0, 0.1) is 23.2 Å². The third-order valence-corrected chi connectivity index (χ3v) is 3.57. The monoisotopic (exact) mass is 255 g/mol. The van der Waals surface area contributed by atoms with Crippen LogP contribution >= 0.6 is 0 Å². The van der Waals surface area contributed by atoms with Crippen molar-refractivity contribution in [2.24, 2.45) is 11.8 Å². The molecule has 98 valence electrons. The number of benzene rings is 1. The van der Waals surface area contributed by atoms with Crippen LogP contribution in [-0.2, 0) is 4.74 Å². The van der Waals surface area contributed by atoms with Gasteiger partial charge in [-0.05, 0) is 42.9 Å². The van der Waals surface area contributed by atoms with Gasteiger partial charge in [-0.2, -0.15) is 5.26 Å². The summed E-state index contributed by atoms with van der Waals surface area (Å²) in [5, 5.41) is 8.80. The highest BCUT2D eigenvalue weighted by molar-refractivity contribution is 5.89. The van der Waals surface area contributed by atoms with Gasteiger partial charge in [-0.25, -0.2) is 4.79 Å². The Bertz CT molecular complexity index is 528. The third-order valence-electron chi connectivity index (χ3n) is 3.57. The van der Waals surface area contributed by atoms with Gasteiger partial charge in [0.1, 0.15) is 0 Å². The maximum atomic E-state index is 11.9. The number of hydrogen-bond donors (Lipinski definition) is 0. The van der Waals surface area contributed by atoms with Gasteiger partial charge in [-0.1, -0.05) is 25.1 Å². The molecule has 0 radical (unpaired) electrons. The van der Waals surface area contributed by atoms with Crippen molar-refractivity contribution >= 4 is 5.97 Å². The fourth-order valence-electron chi connectivity index (χ4n) is 2.22. The van der Waals surface area contributed by atoms with Crippen molar-refractivity contribution in [2.75, 3.05) is 6.61 Å². The van der Waals surface area contributed by atoms with Gasteiger partial charge in [0.25, 0.3) is 0 Å². The topological polar surface area (TPSA) is 50.1 Å². The van der Waals surface area contributed by atoms with E-state index in [0.29, 0.717) is 29.6 Å². The molecule has 19 heavy (non-hydrogen) atoms. The van der Waals surface area contributed by atoms with Crippen LogP contribution in [-0.4, -0.2) is 12.6 Å². The Balaban J connectivity index is 1.94. The fraction of sp³-hybridized carbons (Fsp3) is 0.375. The predicted octanol–water partition coefficient (Wildman–Crippen LogP) is 3.32. The standard InChI is InChI=1S/C16H17NO2/c1-12-5-2-3-7-15(12)11-19-16(18)14-8-4-6-13(9-14)10-17/h2-4,6,8-9,12,15H,5,7,11H2,1H3. The number of hydrogen-bond acceptors (Lipinski definition) is 3. The summed E-state index contributed by atoms with van der Waals surface area (Å²) in [6.45, 7) is 2.62. The molecule has 0 saturated carbocycles. The molecule has 0 N–H and O–H groups in total. The second-order valence-electron chi connectivity index (χ2n) is 4.97. The highest BCUT2D eigenvalue weighted by Crippen LogP contribution is 2.25. The molecule has 1 aromatic rings. The molecule has 0 aliphatic heterocycles. The van der Waals surface area contributed by atoms with E-state index >= 15 is 0 Å². The van der Waals surface area contributed by atoms with Crippen LogP contribution in [0.1, 0.15) is 35.7 Å². The van der Waals surface area contributed by atoms with E-state index in [9.17, 15) is 4.79 Å². The van der Waals surface area contributed by atoms with Crippen molar-refractivity contribution in [1.82, 2.24) is 0 Å². The van der Waals surface area contributed by atoms with E-state index in [0.717, 1.165) is 12.8 Å². The summed E-state index contributed by atoms with van der Waals surface area (Å²) < 4.78 is 5.36. The third kappa shape index (κ3) is 3.45. The molecule has 0 amide bonds. The lowest BCUT2D eigenvalue weighted by molar-refractivity contribution is 0.0395. The van der Waals surface area contributed by atoms with E-state index in [-0.39, 0.29) is 5.97 Å². The second kappa shape index (κ2) is 6.19. The molecule has 0 saturated heterocycles. The molecule has 0 aromatic heterocycles. The van der Waals surface area contributed by atoms with Crippen LogP contribution in [0.3, 0.4) is 0 Å². The van der Waals surface area contributed by atoms with Crippen LogP contribution in [0.15, 0.2) is 36.4 Å². The first-order valence-electron chi connectivity index (χ1n) is 6.53. The van der Waals surface area contributed by atoms with E-state index in [1.807, 2.05) is 6.07 Å². The van der Waals surface area contributed by atoms with Crippen molar-refractivity contribution < 1.29 is 9.53 Å². The lowest BCUT2D eigenvalue weighted by Crippen LogP contribution is -2.21. The molecule has 2 unspecified atom stereocenters. The number of allylic oxidation sites excluding steroid dienone is 2. The van der Waals surface area contributed by atoms with Crippen molar-refractivity contribution in [3.8, 4) is 6.07 Å². The molecule has 1 aliphatic rings. The SMILES string of the molecule is CC1CC=CCC1COC(=O)c1cccc(C#N)c1. The maximum absolute atomic E-state index is 11.9. The molecule has 3 heteroatoms. The van der Waals surface area contributed by atoms with Gasteiger partial charge in [0.2, 0.25) is 0 Å². The molecule has 0 heterocycles. The minimum absolute atomic E-state index is 0.348. The number of nitrogens with zero attached hydrogens (tertiary/aromatic N) is 1. The highest BCUT2D eigenvalue weighted by atomic mass is 16.5. The quantitative estimate of drug-likeness (QED) is 0.615. The molecule has 0 spiro atoms. The number of rotatable bonds is 3. The van der Waals surface area contributed by atoms with Gasteiger partial charge < -0.3 is 4.74 Å². The van der Waals surface area contributed by atoms with Gasteiger partial charge >= 0.3 is 5.97 Å². The first kappa shape index (κ1) is 13.4. The van der Waals surface area contributed by atoms with Gasteiger partial charge in [0.05, 0.1) is 23.8 Å². The minimum atomic E-state index is -0.348. The summed E-state index contributed by atoms with van der Waals surface area (Å²) in [6, 6.07) is 8.62. The second-order valence-corrected chi connectivity index (χ2v) is 4.97. The smallest absolute Gasteiger partial charge is 0.338 e. The summed E-state index contributed by atoms with van der Waals surface area (Å²) in [5.41, 5.74) is 0.918. The maximum Gasteiger partial charge on any atom is 0.338 e. The number of ether oxygens (including phenoxy) is 1.